The number of nitrogens with one attached hydrogen (secondary N) is 1. The Morgan fingerprint density at radius 1 is 0.920 bits per heavy atom. The first-order chi connectivity index (χ1) is 12.1. The topological polar surface area (TPSA) is 64.6 Å². The average Bonchev–Trinajstić information content (AvgIpc) is 3.10. The lowest BCUT2D eigenvalue weighted by Gasteiger charge is -2.28. The van der Waals surface area contributed by atoms with Gasteiger partial charge in [-0.05, 0) is 17.2 Å². The predicted molar refractivity (Wildman–Crippen MR) is 92.6 cm³/mol. The standard InChI is InChI=1S/C20H19NO4/c1-24-18(22)16-13-20(19(23)25-2,15-11-7-4-8-12-15)21-17(16)14-9-5-3-6-10-14/h3-13,17,21H,1-2H3. The second-order valence-corrected chi connectivity index (χ2v) is 5.74. The molecule has 0 fully saturated rings. The Balaban J connectivity index is 2.16. The number of hydrogen-bond acceptors (Lipinski definition) is 5. The summed E-state index contributed by atoms with van der Waals surface area (Å²) in [5, 5.41) is 3.29. The fraction of sp³-hybridized carbons (Fsp3) is 0.200. The number of hydrogen-bond donors (Lipinski definition) is 1. The third-order valence-electron chi connectivity index (χ3n) is 4.35. The number of ether oxygens (including phenoxy) is 2. The SMILES string of the molecule is COC(=O)C1=CC(C(=O)OC)(c2ccccc2)NC1c1ccccc1. The quantitative estimate of drug-likeness (QED) is 0.869. The molecule has 0 spiro atoms. The largest absolute Gasteiger partial charge is 0.467 e. The Morgan fingerprint density at radius 3 is 2.08 bits per heavy atom. The highest BCUT2D eigenvalue weighted by Crippen LogP contribution is 2.39. The van der Waals surface area contributed by atoms with Crippen LogP contribution in [0.2, 0.25) is 0 Å². The van der Waals surface area contributed by atoms with Crippen molar-refractivity contribution in [2.45, 2.75) is 11.6 Å². The van der Waals surface area contributed by atoms with Crippen LogP contribution in [0.1, 0.15) is 17.2 Å². The molecule has 128 valence electrons. The zero-order valence-corrected chi connectivity index (χ0v) is 14.1. The molecular formula is C20H19NO4. The Bertz CT molecular complexity index is 801. The van der Waals surface area contributed by atoms with Gasteiger partial charge in [-0.1, -0.05) is 60.7 Å². The summed E-state index contributed by atoms with van der Waals surface area (Å²) in [6.45, 7) is 0. The summed E-state index contributed by atoms with van der Waals surface area (Å²) < 4.78 is 9.97. The van der Waals surface area contributed by atoms with Crippen LogP contribution >= 0.6 is 0 Å². The van der Waals surface area contributed by atoms with Crippen molar-refractivity contribution in [2.24, 2.45) is 0 Å². The van der Waals surface area contributed by atoms with E-state index < -0.39 is 23.5 Å². The molecule has 0 aliphatic carbocycles. The number of carbonyl (C=O) groups excluding carboxylic acids is 2. The van der Waals surface area contributed by atoms with Gasteiger partial charge in [-0.25, -0.2) is 9.59 Å². The van der Waals surface area contributed by atoms with Crippen LogP contribution in [0.4, 0.5) is 0 Å². The first kappa shape index (κ1) is 16.9. The number of benzene rings is 2. The maximum Gasteiger partial charge on any atom is 0.335 e. The molecule has 5 nitrogen and oxygen atoms in total. The van der Waals surface area contributed by atoms with Crippen molar-refractivity contribution in [3.05, 3.63) is 83.4 Å². The number of esters is 2. The van der Waals surface area contributed by atoms with Crippen LogP contribution < -0.4 is 5.32 Å². The minimum absolute atomic E-state index is 0.378. The van der Waals surface area contributed by atoms with E-state index in [1.165, 1.54) is 14.2 Å². The van der Waals surface area contributed by atoms with Gasteiger partial charge in [0.1, 0.15) is 0 Å². The van der Waals surface area contributed by atoms with E-state index in [4.69, 9.17) is 9.47 Å². The van der Waals surface area contributed by atoms with E-state index in [1.54, 1.807) is 6.08 Å². The molecular weight excluding hydrogens is 318 g/mol. The molecule has 0 saturated heterocycles. The van der Waals surface area contributed by atoms with E-state index >= 15 is 0 Å². The highest BCUT2D eigenvalue weighted by molar-refractivity contribution is 5.96. The van der Waals surface area contributed by atoms with Crippen molar-refractivity contribution >= 4 is 11.9 Å². The molecule has 3 rings (SSSR count). The van der Waals surface area contributed by atoms with Gasteiger partial charge in [0, 0.05) is 0 Å². The van der Waals surface area contributed by atoms with Crippen molar-refractivity contribution in [3.8, 4) is 0 Å². The van der Waals surface area contributed by atoms with Crippen molar-refractivity contribution in [1.82, 2.24) is 5.32 Å². The number of methoxy groups -OCH3 is 2. The summed E-state index contributed by atoms with van der Waals surface area (Å²) in [6, 6.07) is 18.2. The third-order valence-corrected chi connectivity index (χ3v) is 4.35. The van der Waals surface area contributed by atoms with E-state index in [-0.39, 0.29) is 0 Å². The van der Waals surface area contributed by atoms with Crippen LogP contribution in [0.3, 0.4) is 0 Å². The zero-order chi connectivity index (χ0) is 17.9. The van der Waals surface area contributed by atoms with Crippen LogP contribution in [-0.4, -0.2) is 26.2 Å². The summed E-state index contributed by atoms with van der Waals surface area (Å²) >= 11 is 0. The summed E-state index contributed by atoms with van der Waals surface area (Å²) in [6.07, 6.45) is 1.61. The second kappa shape index (κ2) is 6.91. The lowest BCUT2D eigenvalue weighted by molar-refractivity contribution is -0.146. The minimum atomic E-state index is -1.25. The highest BCUT2D eigenvalue weighted by atomic mass is 16.5. The second-order valence-electron chi connectivity index (χ2n) is 5.74. The summed E-state index contributed by atoms with van der Waals surface area (Å²) in [4.78, 5) is 25.0. The van der Waals surface area contributed by atoms with E-state index in [9.17, 15) is 9.59 Å². The van der Waals surface area contributed by atoms with Crippen LogP contribution in [0.25, 0.3) is 0 Å². The van der Waals surface area contributed by atoms with Crippen molar-refractivity contribution in [3.63, 3.8) is 0 Å². The summed E-state index contributed by atoms with van der Waals surface area (Å²) in [5.74, 6) is -0.971. The van der Waals surface area contributed by atoms with Gasteiger partial charge in [0.15, 0.2) is 5.54 Å². The van der Waals surface area contributed by atoms with Gasteiger partial charge in [-0.3, -0.25) is 5.32 Å². The fourth-order valence-electron chi connectivity index (χ4n) is 3.13. The van der Waals surface area contributed by atoms with E-state index in [0.29, 0.717) is 11.1 Å². The molecule has 0 aromatic heterocycles. The monoisotopic (exact) mass is 337 g/mol. The lowest BCUT2D eigenvalue weighted by atomic mass is 9.90. The first-order valence-electron chi connectivity index (χ1n) is 7.90. The maximum atomic E-state index is 12.7. The Kier molecular flexibility index (Phi) is 4.67. The first-order valence-corrected chi connectivity index (χ1v) is 7.90. The molecule has 0 amide bonds. The van der Waals surface area contributed by atoms with Gasteiger partial charge in [0.05, 0.1) is 25.8 Å². The van der Waals surface area contributed by atoms with Gasteiger partial charge >= 0.3 is 11.9 Å². The van der Waals surface area contributed by atoms with Crippen LogP contribution in [-0.2, 0) is 24.6 Å². The number of carbonyl (C=O) groups is 2. The highest BCUT2D eigenvalue weighted by Gasteiger charge is 2.49. The fourth-order valence-corrected chi connectivity index (χ4v) is 3.13. The lowest BCUT2D eigenvalue weighted by Crippen LogP contribution is -2.46. The number of rotatable bonds is 4. The molecule has 1 N–H and O–H groups in total. The van der Waals surface area contributed by atoms with E-state index in [2.05, 4.69) is 5.32 Å². The third kappa shape index (κ3) is 2.94. The summed E-state index contributed by atoms with van der Waals surface area (Å²) in [5.41, 5.74) is 0.686. The van der Waals surface area contributed by atoms with Crippen LogP contribution in [0.15, 0.2) is 72.3 Å². The molecule has 25 heavy (non-hydrogen) atoms. The van der Waals surface area contributed by atoms with E-state index in [0.717, 1.165) is 5.56 Å². The molecule has 5 heteroatoms. The van der Waals surface area contributed by atoms with Gasteiger partial charge in [0.2, 0.25) is 0 Å². The predicted octanol–water partition coefficient (Wildman–Crippen LogP) is 2.50. The zero-order valence-electron chi connectivity index (χ0n) is 14.1. The molecule has 1 aliphatic rings. The van der Waals surface area contributed by atoms with Crippen LogP contribution in [0, 0.1) is 0 Å². The Labute approximate surface area is 146 Å². The average molecular weight is 337 g/mol. The van der Waals surface area contributed by atoms with Gasteiger partial charge < -0.3 is 9.47 Å². The van der Waals surface area contributed by atoms with Gasteiger partial charge in [-0.2, -0.15) is 0 Å². The molecule has 0 saturated carbocycles. The normalized spacial score (nSPS) is 22.2. The molecule has 0 radical (unpaired) electrons. The molecule has 2 atom stereocenters. The minimum Gasteiger partial charge on any atom is -0.467 e. The molecule has 2 aromatic rings. The summed E-state index contributed by atoms with van der Waals surface area (Å²) in [7, 11) is 2.65. The Morgan fingerprint density at radius 2 is 1.52 bits per heavy atom. The van der Waals surface area contributed by atoms with E-state index in [1.807, 2.05) is 60.7 Å². The van der Waals surface area contributed by atoms with Crippen molar-refractivity contribution < 1.29 is 19.1 Å². The van der Waals surface area contributed by atoms with Crippen molar-refractivity contribution in [2.75, 3.05) is 14.2 Å². The molecule has 2 aromatic carbocycles. The van der Waals surface area contributed by atoms with Gasteiger partial charge in [0.25, 0.3) is 0 Å². The van der Waals surface area contributed by atoms with Crippen molar-refractivity contribution in [1.29, 1.82) is 0 Å². The maximum absolute atomic E-state index is 12.7. The molecule has 1 aliphatic heterocycles. The van der Waals surface area contributed by atoms with Gasteiger partial charge in [-0.15, -0.1) is 0 Å². The smallest absolute Gasteiger partial charge is 0.335 e. The van der Waals surface area contributed by atoms with Crippen LogP contribution in [0.5, 0.6) is 0 Å². The molecule has 2 unspecified atom stereocenters. The Hall–Kier alpha value is -2.92. The molecule has 1 heterocycles. The molecule has 0 bridgehead atoms.